The van der Waals surface area contributed by atoms with E-state index in [-0.39, 0.29) is 23.4 Å². The first-order valence-corrected chi connectivity index (χ1v) is 14.8. The van der Waals surface area contributed by atoms with Crippen LogP contribution in [-0.4, -0.2) is 75.6 Å². The Bertz CT molecular complexity index is 1460. The molecule has 1 N–H and O–H groups in total. The van der Waals surface area contributed by atoms with E-state index in [2.05, 4.69) is 31.2 Å². The summed E-state index contributed by atoms with van der Waals surface area (Å²) in [6.07, 6.45) is 1.06. The summed E-state index contributed by atoms with van der Waals surface area (Å²) in [4.78, 5) is 15.0. The highest BCUT2D eigenvalue weighted by Crippen LogP contribution is 2.36. The van der Waals surface area contributed by atoms with Gasteiger partial charge in [0.2, 0.25) is 16.0 Å². The molecule has 9 nitrogen and oxygen atoms in total. The van der Waals surface area contributed by atoms with Crippen LogP contribution >= 0.6 is 0 Å². The highest BCUT2D eigenvalue weighted by Gasteiger charge is 2.36. The van der Waals surface area contributed by atoms with E-state index in [0.717, 1.165) is 43.3 Å². The number of halogens is 3. The molecule has 39 heavy (non-hydrogen) atoms. The number of hydrogen-bond donors (Lipinski definition) is 1. The van der Waals surface area contributed by atoms with Gasteiger partial charge in [-0.25, -0.2) is 27.7 Å². The van der Waals surface area contributed by atoms with E-state index in [1.165, 1.54) is 16.3 Å². The lowest BCUT2D eigenvalue weighted by atomic mass is 10.1. The Kier molecular flexibility index (Phi) is 7.42. The molecule has 0 unspecified atom stereocenters. The highest BCUT2D eigenvalue weighted by atomic mass is 32.2. The van der Waals surface area contributed by atoms with E-state index < -0.39 is 21.8 Å². The van der Waals surface area contributed by atoms with E-state index in [0.29, 0.717) is 31.8 Å². The molecule has 2 aromatic heterocycles. The molecule has 0 spiro atoms. The number of alkyl halides is 3. The summed E-state index contributed by atoms with van der Waals surface area (Å²) in [7, 11) is -3.28. The maximum Gasteiger partial charge on any atom is 0.420 e. The average molecular weight is 564 g/mol. The van der Waals surface area contributed by atoms with Gasteiger partial charge >= 0.3 is 6.18 Å². The predicted octanol–water partition coefficient (Wildman–Crippen LogP) is 4.01. The van der Waals surface area contributed by atoms with Crippen LogP contribution in [0.1, 0.15) is 41.8 Å². The number of piperidine rings is 1. The first kappa shape index (κ1) is 27.5. The van der Waals surface area contributed by atoms with Gasteiger partial charge in [0.25, 0.3) is 0 Å². The van der Waals surface area contributed by atoms with E-state index in [1.807, 2.05) is 19.1 Å². The van der Waals surface area contributed by atoms with Gasteiger partial charge in [0.15, 0.2) is 0 Å². The first-order chi connectivity index (χ1) is 18.4. The molecule has 0 saturated carbocycles. The normalized spacial score (nSPS) is 17.8. The SMILES string of the molecule is Cc1cc(CN2CCC2)ccc1-n1cc(-c2nc(NC3CCN(S(C)(=O)=O)CC3)ncc2C(F)(F)F)nc1C. The molecule has 0 atom stereocenters. The van der Waals surface area contributed by atoms with E-state index in [1.54, 1.807) is 17.7 Å². The number of imidazole rings is 1. The molecule has 4 heterocycles. The van der Waals surface area contributed by atoms with Crippen LogP contribution in [-0.2, 0) is 22.7 Å². The molecule has 0 radical (unpaired) electrons. The van der Waals surface area contributed by atoms with Crippen LogP contribution in [0.2, 0.25) is 0 Å². The minimum Gasteiger partial charge on any atom is -0.351 e. The number of aryl methyl sites for hydroxylation is 2. The van der Waals surface area contributed by atoms with Crippen molar-refractivity contribution in [2.24, 2.45) is 0 Å². The minimum atomic E-state index is -4.67. The van der Waals surface area contributed by atoms with Crippen molar-refractivity contribution in [3.05, 3.63) is 53.1 Å². The molecule has 3 aromatic rings. The molecule has 5 rings (SSSR count). The largest absolute Gasteiger partial charge is 0.420 e. The number of nitrogens with zero attached hydrogens (tertiary/aromatic N) is 6. The third kappa shape index (κ3) is 6.10. The lowest BCUT2D eigenvalue weighted by Crippen LogP contribution is -2.42. The Morgan fingerprint density at radius 1 is 1.08 bits per heavy atom. The van der Waals surface area contributed by atoms with Crippen LogP contribution in [0.5, 0.6) is 0 Å². The van der Waals surface area contributed by atoms with Gasteiger partial charge in [-0.1, -0.05) is 12.1 Å². The fourth-order valence-electron chi connectivity index (χ4n) is 5.08. The minimum absolute atomic E-state index is 0.0505. The lowest BCUT2D eigenvalue weighted by molar-refractivity contribution is -0.137. The number of benzene rings is 1. The maximum atomic E-state index is 14.0. The fraction of sp³-hybridized carbons (Fsp3) is 0.500. The summed E-state index contributed by atoms with van der Waals surface area (Å²) in [5.74, 6) is 0.590. The summed E-state index contributed by atoms with van der Waals surface area (Å²) in [6.45, 7) is 7.46. The van der Waals surface area contributed by atoms with Crippen LogP contribution in [0.3, 0.4) is 0 Å². The molecular weight excluding hydrogens is 531 g/mol. The Morgan fingerprint density at radius 3 is 2.38 bits per heavy atom. The van der Waals surface area contributed by atoms with E-state index in [4.69, 9.17) is 0 Å². The van der Waals surface area contributed by atoms with Gasteiger partial charge < -0.3 is 9.88 Å². The Morgan fingerprint density at radius 2 is 1.79 bits per heavy atom. The molecule has 2 aliphatic rings. The van der Waals surface area contributed by atoms with Crippen LogP contribution in [0.25, 0.3) is 17.1 Å². The lowest BCUT2D eigenvalue weighted by Gasteiger charge is -2.30. The number of hydrogen-bond acceptors (Lipinski definition) is 7. The van der Waals surface area contributed by atoms with E-state index in [9.17, 15) is 21.6 Å². The molecule has 2 fully saturated rings. The number of aromatic nitrogens is 4. The quantitative estimate of drug-likeness (QED) is 0.464. The third-order valence-corrected chi connectivity index (χ3v) is 8.65. The van der Waals surface area contributed by atoms with Crippen molar-refractivity contribution in [2.45, 2.75) is 51.9 Å². The molecule has 1 aromatic carbocycles. The molecule has 2 saturated heterocycles. The van der Waals surface area contributed by atoms with Crippen molar-refractivity contribution in [1.82, 2.24) is 28.7 Å². The topological polar surface area (TPSA) is 96.2 Å². The summed E-state index contributed by atoms with van der Waals surface area (Å²) >= 11 is 0. The van der Waals surface area contributed by atoms with Crippen molar-refractivity contribution in [3.8, 4) is 17.1 Å². The molecule has 0 bridgehead atoms. The maximum absolute atomic E-state index is 14.0. The van der Waals surface area contributed by atoms with Gasteiger partial charge in [-0.3, -0.25) is 4.90 Å². The van der Waals surface area contributed by atoms with Crippen LogP contribution in [0.4, 0.5) is 19.1 Å². The summed E-state index contributed by atoms with van der Waals surface area (Å²) in [6, 6.07) is 5.96. The average Bonchev–Trinajstić information content (AvgIpc) is 3.22. The van der Waals surface area contributed by atoms with Crippen molar-refractivity contribution in [1.29, 1.82) is 0 Å². The number of likely N-dealkylation sites (tertiary alicyclic amines) is 1. The standard InChI is InChI=1S/C26H32F3N7O2S/c1-17-13-19(15-34-9-4-10-34)5-6-23(17)36-16-22(31-18(36)2)24-21(26(27,28)29)14-30-25(33-24)32-20-7-11-35(12-8-20)39(3,37)38/h5-6,13-14,16,20H,4,7-12,15H2,1-3H3,(H,30,32,33). The Labute approximate surface area is 226 Å². The smallest absolute Gasteiger partial charge is 0.351 e. The molecule has 2 aliphatic heterocycles. The van der Waals surface area contributed by atoms with Crippen molar-refractivity contribution < 1.29 is 21.6 Å². The zero-order valence-corrected chi connectivity index (χ0v) is 23.0. The zero-order chi connectivity index (χ0) is 27.9. The molecular formula is C26H32F3N7O2S. The second kappa shape index (κ2) is 10.5. The van der Waals surface area contributed by atoms with Crippen molar-refractivity contribution in [2.75, 3.05) is 37.8 Å². The second-order valence-electron chi connectivity index (χ2n) is 10.3. The zero-order valence-electron chi connectivity index (χ0n) is 22.2. The van der Waals surface area contributed by atoms with Crippen molar-refractivity contribution in [3.63, 3.8) is 0 Å². The number of sulfonamides is 1. The van der Waals surface area contributed by atoms with Crippen LogP contribution in [0, 0.1) is 13.8 Å². The third-order valence-electron chi connectivity index (χ3n) is 7.35. The fourth-order valence-corrected chi connectivity index (χ4v) is 5.96. The second-order valence-corrected chi connectivity index (χ2v) is 12.3. The van der Waals surface area contributed by atoms with Crippen LogP contribution in [0.15, 0.2) is 30.6 Å². The highest BCUT2D eigenvalue weighted by molar-refractivity contribution is 7.88. The van der Waals surface area contributed by atoms with Gasteiger partial charge in [0.1, 0.15) is 22.8 Å². The summed E-state index contributed by atoms with van der Waals surface area (Å²) < 4.78 is 68.6. The first-order valence-electron chi connectivity index (χ1n) is 12.9. The molecule has 0 aliphatic carbocycles. The molecule has 0 amide bonds. The van der Waals surface area contributed by atoms with Gasteiger partial charge in [0.05, 0.1) is 6.26 Å². The summed E-state index contributed by atoms with van der Waals surface area (Å²) in [5.41, 5.74) is 1.87. The Hall–Kier alpha value is -3.03. The van der Waals surface area contributed by atoms with Crippen LogP contribution < -0.4 is 5.32 Å². The Balaban J connectivity index is 1.41. The van der Waals surface area contributed by atoms with Crippen molar-refractivity contribution >= 4 is 16.0 Å². The number of nitrogens with one attached hydrogen (secondary N) is 1. The summed E-state index contributed by atoms with van der Waals surface area (Å²) in [5, 5.41) is 3.09. The number of anilines is 1. The molecule has 13 heteroatoms. The van der Waals surface area contributed by atoms with Gasteiger partial charge in [0, 0.05) is 43.8 Å². The van der Waals surface area contributed by atoms with E-state index >= 15 is 0 Å². The van der Waals surface area contributed by atoms with Gasteiger partial charge in [-0.15, -0.1) is 0 Å². The van der Waals surface area contributed by atoms with Gasteiger partial charge in [-0.2, -0.15) is 13.2 Å². The number of rotatable bonds is 7. The predicted molar refractivity (Wildman–Crippen MR) is 142 cm³/mol. The monoisotopic (exact) mass is 563 g/mol. The van der Waals surface area contributed by atoms with Gasteiger partial charge in [-0.05, 0) is 63.4 Å². The molecule has 210 valence electrons.